The number of halogens is 4. The van der Waals surface area contributed by atoms with Gasteiger partial charge in [0.05, 0.1) is 22.3 Å². The Balaban J connectivity index is 2.65. The van der Waals surface area contributed by atoms with Crippen LogP contribution in [0.25, 0.3) is 16.6 Å². The summed E-state index contributed by atoms with van der Waals surface area (Å²) < 4.78 is 56.5. The fraction of sp³-hybridized carbons (Fsp3) is 0.0588. The van der Waals surface area contributed by atoms with Crippen LogP contribution in [-0.4, -0.2) is 20.7 Å². The Morgan fingerprint density at radius 2 is 1.74 bits per heavy atom. The van der Waals surface area contributed by atoms with Gasteiger partial charge in [0.15, 0.2) is 11.6 Å². The maximum Gasteiger partial charge on any atom is 0.341 e. The average molecular weight is 382 g/mol. The Labute approximate surface area is 147 Å². The third kappa shape index (κ3) is 2.57. The molecular weight excluding hydrogens is 372 g/mol. The lowest BCUT2D eigenvalue weighted by atomic mass is 10.0. The number of carbonyl (C=O) groups is 1. The van der Waals surface area contributed by atoms with E-state index in [0.29, 0.717) is 16.8 Å². The van der Waals surface area contributed by atoms with Crippen molar-refractivity contribution in [3.8, 4) is 11.4 Å². The molecule has 3 rings (SSSR count). The summed E-state index contributed by atoms with van der Waals surface area (Å²) in [5.41, 5.74) is 1.10. The molecule has 3 aromatic rings. The van der Waals surface area contributed by atoms with E-state index in [9.17, 15) is 37.4 Å². The molecule has 0 aliphatic heterocycles. The van der Waals surface area contributed by atoms with Crippen LogP contribution < -0.4 is 11.2 Å². The van der Waals surface area contributed by atoms with E-state index in [1.807, 2.05) is 0 Å². The number of aromatic carboxylic acids is 1. The molecule has 0 saturated carbocycles. The Kier molecular flexibility index (Phi) is 4.06. The zero-order valence-electron chi connectivity index (χ0n) is 13.5. The summed E-state index contributed by atoms with van der Waals surface area (Å²) in [5.74, 6) is -8.78. The highest BCUT2D eigenvalue weighted by Crippen LogP contribution is 2.34. The number of fused-ring (bicyclic) bond motifs is 1. The van der Waals surface area contributed by atoms with Crippen LogP contribution in [0, 0.1) is 30.2 Å². The third-order valence-corrected chi connectivity index (χ3v) is 4.09. The van der Waals surface area contributed by atoms with Crippen LogP contribution in [0.3, 0.4) is 0 Å². The number of phenols is 1. The first-order valence-corrected chi connectivity index (χ1v) is 7.30. The van der Waals surface area contributed by atoms with Crippen LogP contribution >= 0.6 is 0 Å². The predicted molar refractivity (Wildman–Crippen MR) is 87.2 cm³/mol. The molecule has 0 radical (unpaired) electrons. The number of anilines is 1. The summed E-state index contributed by atoms with van der Waals surface area (Å²) in [6.45, 7) is 1.04. The van der Waals surface area contributed by atoms with Crippen LogP contribution in [0.2, 0.25) is 0 Å². The van der Waals surface area contributed by atoms with Crippen molar-refractivity contribution in [2.45, 2.75) is 6.92 Å². The summed E-state index contributed by atoms with van der Waals surface area (Å²) >= 11 is 0. The van der Waals surface area contributed by atoms with Crippen molar-refractivity contribution in [3.63, 3.8) is 0 Å². The topological polar surface area (TPSA) is 106 Å². The van der Waals surface area contributed by atoms with Crippen molar-refractivity contribution in [1.29, 1.82) is 0 Å². The number of nitrogen functional groups attached to an aromatic ring is 1. The predicted octanol–water partition coefficient (Wildman–Crippen LogP) is 2.84. The highest BCUT2D eigenvalue weighted by atomic mass is 19.2. The number of carboxylic acids is 1. The van der Waals surface area contributed by atoms with Crippen LogP contribution in [0.4, 0.5) is 23.2 Å². The van der Waals surface area contributed by atoms with E-state index in [-0.39, 0.29) is 0 Å². The quantitative estimate of drug-likeness (QED) is 0.467. The van der Waals surface area contributed by atoms with E-state index in [1.165, 1.54) is 0 Å². The van der Waals surface area contributed by atoms with Gasteiger partial charge in [-0.3, -0.25) is 4.79 Å². The number of nitrogens with two attached hydrogens (primary N) is 1. The molecule has 2 aromatic carbocycles. The second-order valence-electron chi connectivity index (χ2n) is 5.70. The van der Waals surface area contributed by atoms with E-state index in [0.717, 1.165) is 13.0 Å². The van der Waals surface area contributed by atoms with E-state index < -0.39 is 73.8 Å². The largest absolute Gasteiger partial charge is 0.504 e. The van der Waals surface area contributed by atoms with Crippen molar-refractivity contribution in [2.75, 3.05) is 5.73 Å². The number of hydrogen-bond donors (Lipinski definition) is 3. The first-order valence-electron chi connectivity index (χ1n) is 7.30. The van der Waals surface area contributed by atoms with E-state index in [1.54, 1.807) is 0 Å². The molecule has 0 fully saturated rings. The molecule has 10 heteroatoms. The summed E-state index contributed by atoms with van der Waals surface area (Å²) in [6.07, 6.45) is 0.659. The fourth-order valence-corrected chi connectivity index (χ4v) is 2.77. The summed E-state index contributed by atoms with van der Waals surface area (Å²) in [7, 11) is 0. The molecule has 6 nitrogen and oxygen atoms in total. The number of aryl methyl sites for hydroxylation is 1. The Hall–Kier alpha value is -3.56. The number of benzene rings is 2. The van der Waals surface area contributed by atoms with Crippen LogP contribution in [0.1, 0.15) is 15.9 Å². The van der Waals surface area contributed by atoms with Gasteiger partial charge >= 0.3 is 5.97 Å². The minimum absolute atomic E-state index is 0.407. The standard InChI is InChI=1S/C17H10F4N2O4/c1-5-12(20)13(21)16(25)11-14(5)23(4-6(15(11)24)17(26)27)10-3-9(22)7(18)2-8(10)19/h2-4,25H,22H2,1H3,(H,26,27). The second-order valence-corrected chi connectivity index (χ2v) is 5.70. The van der Waals surface area contributed by atoms with Gasteiger partial charge in [0.2, 0.25) is 11.2 Å². The smallest absolute Gasteiger partial charge is 0.341 e. The molecular formula is C17H10F4N2O4. The zero-order chi connectivity index (χ0) is 20.2. The number of phenolic OH excluding ortho intramolecular Hbond substituents is 1. The van der Waals surface area contributed by atoms with Gasteiger partial charge in [-0.2, -0.15) is 4.39 Å². The van der Waals surface area contributed by atoms with Crippen molar-refractivity contribution in [3.05, 3.63) is 62.9 Å². The maximum absolute atomic E-state index is 14.3. The molecule has 0 aliphatic carbocycles. The van der Waals surface area contributed by atoms with Gasteiger partial charge < -0.3 is 20.5 Å². The molecule has 0 spiro atoms. The first kappa shape index (κ1) is 18.2. The van der Waals surface area contributed by atoms with Gasteiger partial charge in [0.1, 0.15) is 17.2 Å². The molecule has 1 heterocycles. The molecule has 0 unspecified atom stereocenters. The summed E-state index contributed by atoms with van der Waals surface area (Å²) in [5, 5.41) is 18.2. The number of pyridine rings is 1. The Bertz CT molecular complexity index is 1200. The average Bonchev–Trinajstić information content (AvgIpc) is 2.60. The molecule has 0 saturated heterocycles. The number of nitrogens with zero attached hydrogens (tertiary/aromatic N) is 1. The highest BCUT2D eigenvalue weighted by Gasteiger charge is 2.26. The van der Waals surface area contributed by atoms with Crippen LogP contribution in [0.15, 0.2) is 23.1 Å². The highest BCUT2D eigenvalue weighted by molar-refractivity contribution is 5.96. The van der Waals surface area contributed by atoms with E-state index in [4.69, 9.17) is 5.73 Å². The summed E-state index contributed by atoms with van der Waals surface area (Å²) in [6, 6.07) is 1.20. The van der Waals surface area contributed by atoms with Crippen molar-refractivity contribution >= 4 is 22.6 Å². The molecule has 1 aromatic heterocycles. The number of aromatic hydroxyl groups is 1. The van der Waals surface area contributed by atoms with Gasteiger partial charge in [-0.15, -0.1) is 0 Å². The van der Waals surface area contributed by atoms with Crippen molar-refractivity contribution in [1.82, 2.24) is 4.57 Å². The lowest BCUT2D eigenvalue weighted by Crippen LogP contribution is -2.20. The van der Waals surface area contributed by atoms with Gasteiger partial charge in [0, 0.05) is 17.8 Å². The summed E-state index contributed by atoms with van der Waals surface area (Å²) in [4.78, 5) is 23.7. The monoisotopic (exact) mass is 382 g/mol. The van der Waals surface area contributed by atoms with E-state index >= 15 is 0 Å². The molecule has 0 aliphatic rings. The van der Waals surface area contributed by atoms with Crippen LogP contribution in [-0.2, 0) is 0 Å². The Morgan fingerprint density at radius 1 is 1.11 bits per heavy atom. The Morgan fingerprint density at radius 3 is 2.33 bits per heavy atom. The number of rotatable bonds is 2. The molecule has 0 bridgehead atoms. The maximum atomic E-state index is 14.3. The van der Waals surface area contributed by atoms with Gasteiger partial charge in [-0.05, 0) is 13.0 Å². The molecule has 4 N–H and O–H groups in total. The second kappa shape index (κ2) is 6.01. The molecule has 0 amide bonds. The lowest BCUT2D eigenvalue weighted by molar-refractivity contribution is 0.0695. The van der Waals surface area contributed by atoms with Gasteiger partial charge in [0.25, 0.3) is 0 Å². The number of hydrogen-bond acceptors (Lipinski definition) is 4. The lowest BCUT2D eigenvalue weighted by Gasteiger charge is -2.17. The number of aromatic nitrogens is 1. The van der Waals surface area contributed by atoms with Crippen molar-refractivity contribution in [2.24, 2.45) is 0 Å². The first-order chi connectivity index (χ1) is 12.6. The molecule has 0 atom stereocenters. The van der Waals surface area contributed by atoms with Crippen LogP contribution in [0.5, 0.6) is 5.75 Å². The molecule has 27 heavy (non-hydrogen) atoms. The van der Waals surface area contributed by atoms with E-state index in [2.05, 4.69) is 0 Å². The normalized spacial score (nSPS) is 11.1. The number of carboxylic acid groups (broad SMARTS) is 1. The van der Waals surface area contributed by atoms with Crippen molar-refractivity contribution < 1.29 is 32.6 Å². The minimum atomic E-state index is -1.76. The van der Waals surface area contributed by atoms with Gasteiger partial charge in [-0.25, -0.2) is 18.0 Å². The molecule has 140 valence electrons. The zero-order valence-corrected chi connectivity index (χ0v) is 13.5. The SMILES string of the molecule is Cc1c(F)c(F)c(O)c2c(=O)c(C(=O)O)cn(-c3cc(N)c(F)cc3F)c12. The third-order valence-electron chi connectivity index (χ3n) is 4.09. The fourth-order valence-electron chi connectivity index (χ4n) is 2.77. The van der Waals surface area contributed by atoms with Gasteiger partial charge in [-0.1, -0.05) is 0 Å². The minimum Gasteiger partial charge on any atom is -0.504 e.